The van der Waals surface area contributed by atoms with E-state index in [4.69, 9.17) is 18.9 Å². The molecule has 0 saturated heterocycles. The van der Waals surface area contributed by atoms with Crippen molar-refractivity contribution in [3.63, 3.8) is 0 Å². The quantitative estimate of drug-likeness (QED) is 0.509. The van der Waals surface area contributed by atoms with Gasteiger partial charge < -0.3 is 24.3 Å². The second-order valence-corrected chi connectivity index (χ2v) is 6.02. The van der Waals surface area contributed by atoms with Gasteiger partial charge in [0.25, 0.3) is 0 Å². The van der Waals surface area contributed by atoms with Gasteiger partial charge in [0.05, 0.1) is 0 Å². The summed E-state index contributed by atoms with van der Waals surface area (Å²) < 4.78 is 20.7. The maximum Gasteiger partial charge on any atom is 0.407 e. The first-order valence-electron chi connectivity index (χ1n) is 7.41. The topological polar surface area (TPSA) is 83.1 Å². The van der Waals surface area contributed by atoms with Crippen LogP contribution in [0.1, 0.15) is 33.6 Å². The van der Waals surface area contributed by atoms with Gasteiger partial charge in [0.15, 0.2) is 11.5 Å². The number of carbonyl (C=O) groups excluding carboxylic acids is 2. The molecule has 1 N–H and O–H groups in total. The molecule has 0 aromatic heterocycles. The molecule has 1 aliphatic rings. The molecule has 1 amide bonds. The summed E-state index contributed by atoms with van der Waals surface area (Å²) >= 11 is 0. The van der Waals surface area contributed by atoms with Crippen molar-refractivity contribution in [2.45, 2.75) is 39.2 Å². The van der Waals surface area contributed by atoms with E-state index in [9.17, 15) is 9.59 Å². The van der Waals surface area contributed by atoms with Gasteiger partial charge in [-0.3, -0.25) is 4.79 Å². The van der Waals surface area contributed by atoms with Crippen LogP contribution in [0.3, 0.4) is 0 Å². The van der Waals surface area contributed by atoms with Gasteiger partial charge in [-0.05, 0) is 39.3 Å². The first-order valence-corrected chi connectivity index (χ1v) is 7.41. The fourth-order valence-electron chi connectivity index (χ4n) is 1.86. The highest BCUT2D eigenvalue weighted by molar-refractivity contribution is 5.73. The molecule has 126 valence electrons. The monoisotopic (exact) mass is 323 g/mol. The van der Waals surface area contributed by atoms with E-state index in [1.54, 1.807) is 39.0 Å². The average Bonchev–Trinajstić information content (AvgIpc) is 2.89. The van der Waals surface area contributed by atoms with E-state index in [2.05, 4.69) is 5.32 Å². The van der Waals surface area contributed by atoms with Crippen LogP contribution in [0, 0.1) is 0 Å². The van der Waals surface area contributed by atoms with Crippen molar-refractivity contribution >= 4 is 12.1 Å². The normalized spacial score (nSPS) is 12.7. The third-order valence-electron chi connectivity index (χ3n) is 2.80. The number of esters is 1. The summed E-state index contributed by atoms with van der Waals surface area (Å²) in [5.41, 5.74) is -0.539. The summed E-state index contributed by atoms with van der Waals surface area (Å²) in [6.07, 6.45) is 0.147. The maximum absolute atomic E-state index is 11.7. The molecule has 0 atom stereocenters. The molecule has 0 aliphatic carbocycles. The predicted octanol–water partition coefficient (Wildman–Crippen LogP) is 2.63. The van der Waals surface area contributed by atoms with E-state index in [1.165, 1.54) is 0 Å². The zero-order chi connectivity index (χ0) is 16.9. The van der Waals surface area contributed by atoms with Crippen molar-refractivity contribution in [1.29, 1.82) is 0 Å². The number of hydrogen-bond donors (Lipinski definition) is 1. The Morgan fingerprint density at radius 3 is 2.70 bits per heavy atom. The van der Waals surface area contributed by atoms with Gasteiger partial charge in [-0.15, -0.1) is 0 Å². The Balaban J connectivity index is 1.67. The summed E-state index contributed by atoms with van der Waals surface area (Å²) in [4.78, 5) is 23.2. The Kier molecular flexibility index (Phi) is 5.31. The van der Waals surface area contributed by atoms with E-state index in [0.29, 0.717) is 30.2 Å². The molecule has 23 heavy (non-hydrogen) atoms. The molecule has 7 nitrogen and oxygen atoms in total. The zero-order valence-corrected chi connectivity index (χ0v) is 13.5. The number of ether oxygens (including phenoxy) is 4. The second kappa shape index (κ2) is 7.21. The van der Waals surface area contributed by atoms with Crippen LogP contribution in [-0.4, -0.2) is 31.0 Å². The summed E-state index contributed by atoms with van der Waals surface area (Å²) in [6, 6.07) is 4.94. The molecule has 0 radical (unpaired) electrons. The molecule has 1 aromatic carbocycles. The van der Waals surface area contributed by atoms with E-state index in [0.717, 1.165) is 0 Å². The molecule has 1 aliphatic heterocycles. The van der Waals surface area contributed by atoms with E-state index >= 15 is 0 Å². The molecule has 0 spiro atoms. The Hall–Kier alpha value is -2.44. The number of alkyl carbamates (subject to hydrolysis) is 1. The van der Waals surface area contributed by atoms with Crippen molar-refractivity contribution in [3.8, 4) is 17.2 Å². The molecule has 0 unspecified atom stereocenters. The van der Waals surface area contributed by atoms with Gasteiger partial charge in [-0.25, -0.2) is 4.79 Å². The lowest BCUT2D eigenvalue weighted by Crippen LogP contribution is -2.33. The summed E-state index contributed by atoms with van der Waals surface area (Å²) in [5.74, 6) is 1.21. The lowest BCUT2D eigenvalue weighted by atomic mass is 10.2. The third kappa shape index (κ3) is 5.69. The summed E-state index contributed by atoms with van der Waals surface area (Å²) in [7, 11) is 0. The Morgan fingerprint density at radius 1 is 1.22 bits per heavy atom. The van der Waals surface area contributed by atoms with Crippen molar-refractivity contribution < 1.29 is 28.5 Å². The maximum atomic E-state index is 11.7. The van der Waals surface area contributed by atoms with E-state index in [1.807, 2.05) is 0 Å². The van der Waals surface area contributed by atoms with E-state index < -0.39 is 11.7 Å². The van der Waals surface area contributed by atoms with Crippen LogP contribution in [0.4, 0.5) is 4.79 Å². The Labute approximate surface area is 134 Å². The number of fused-ring (bicyclic) bond motifs is 1. The summed E-state index contributed by atoms with van der Waals surface area (Å²) in [5, 5.41) is 2.59. The lowest BCUT2D eigenvalue weighted by molar-refractivity contribution is -0.134. The van der Waals surface area contributed by atoms with Gasteiger partial charge in [-0.2, -0.15) is 0 Å². The highest BCUT2D eigenvalue weighted by atomic mass is 16.7. The van der Waals surface area contributed by atoms with Crippen molar-refractivity contribution in [2.24, 2.45) is 0 Å². The lowest BCUT2D eigenvalue weighted by Gasteiger charge is -2.19. The van der Waals surface area contributed by atoms with E-state index in [-0.39, 0.29) is 19.2 Å². The van der Waals surface area contributed by atoms with Gasteiger partial charge in [0.2, 0.25) is 6.79 Å². The molecular formula is C16H21NO6. The molecule has 1 heterocycles. The van der Waals surface area contributed by atoms with Gasteiger partial charge in [0.1, 0.15) is 11.4 Å². The fourth-order valence-corrected chi connectivity index (χ4v) is 1.86. The summed E-state index contributed by atoms with van der Waals surface area (Å²) in [6.45, 7) is 5.87. The number of hydrogen-bond acceptors (Lipinski definition) is 6. The Bertz CT molecular complexity index is 578. The third-order valence-corrected chi connectivity index (χ3v) is 2.80. The number of carbonyl (C=O) groups is 2. The van der Waals surface area contributed by atoms with Crippen LogP contribution in [0.15, 0.2) is 18.2 Å². The molecule has 0 bridgehead atoms. The van der Waals surface area contributed by atoms with Gasteiger partial charge >= 0.3 is 12.1 Å². The van der Waals surface area contributed by atoms with Crippen molar-refractivity contribution in [2.75, 3.05) is 13.3 Å². The molecular weight excluding hydrogens is 302 g/mol. The molecule has 2 rings (SSSR count). The number of amides is 1. The number of rotatable bonds is 5. The average molecular weight is 323 g/mol. The second-order valence-electron chi connectivity index (χ2n) is 6.02. The highest BCUT2D eigenvalue weighted by Gasteiger charge is 2.16. The minimum atomic E-state index is -0.539. The largest absolute Gasteiger partial charge is 0.454 e. The minimum Gasteiger partial charge on any atom is -0.454 e. The number of benzene rings is 1. The molecule has 0 saturated carbocycles. The molecule has 7 heteroatoms. The SMILES string of the molecule is CC(C)(C)OC(=O)NCCCC(=O)Oc1ccc2c(c1)OCO2. The minimum absolute atomic E-state index is 0.170. The van der Waals surface area contributed by atoms with Crippen LogP contribution in [0.2, 0.25) is 0 Å². The Morgan fingerprint density at radius 2 is 1.96 bits per heavy atom. The van der Waals surface area contributed by atoms with Crippen LogP contribution in [-0.2, 0) is 9.53 Å². The van der Waals surface area contributed by atoms with Gasteiger partial charge in [0, 0.05) is 19.0 Å². The number of nitrogens with one attached hydrogen (secondary N) is 1. The fraction of sp³-hybridized carbons (Fsp3) is 0.500. The van der Waals surface area contributed by atoms with Crippen LogP contribution < -0.4 is 19.5 Å². The van der Waals surface area contributed by atoms with Crippen molar-refractivity contribution in [1.82, 2.24) is 5.32 Å². The molecule has 0 fully saturated rings. The molecule has 1 aromatic rings. The zero-order valence-electron chi connectivity index (χ0n) is 13.5. The van der Waals surface area contributed by atoms with Crippen LogP contribution >= 0.6 is 0 Å². The van der Waals surface area contributed by atoms with Crippen LogP contribution in [0.25, 0.3) is 0 Å². The van der Waals surface area contributed by atoms with Gasteiger partial charge in [-0.1, -0.05) is 0 Å². The standard InChI is InChI=1S/C16H21NO6/c1-16(2,3)23-15(19)17-8-4-5-14(18)22-11-6-7-12-13(9-11)21-10-20-12/h6-7,9H,4-5,8,10H2,1-3H3,(H,17,19). The first-order chi connectivity index (χ1) is 10.8. The van der Waals surface area contributed by atoms with Crippen LogP contribution in [0.5, 0.6) is 17.2 Å². The first kappa shape index (κ1) is 16.9. The predicted molar refractivity (Wildman–Crippen MR) is 81.7 cm³/mol. The highest BCUT2D eigenvalue weighted by Crippen LogP contribution is 2.35. The smallest absolute Gasteiger partial charge is 0.407 e. The van der Waals surface area contributed by atoms with Crippen molar-refractivity contribution in [3.05, 3.63) is 18.2 Å².